The summed E-state index contributed by atoms with van der Waals surface area (Å²) in [5.41, 5.74) is 2.14. The number of nitrogens with zero attached hydrogens (tertiary/aromatic N) is 3. The van der Waals surface area contributed by atoms with Crippen LogP contribution in [-0.2, 0) is 24.5 Å². The van der Waals surface area contributed by atoms with Crippen LogP contribution in [0.25, 0.3) is 22.4 Å². The molecular weight excluding hydrogens is 508 g/mol. The fourth-order valence-electron chi connectivity index (χ4n) is 5.07. The predicted molar refractivity (Wildman–Crippen MR) is 146 cm³/mol. The maximum Gasteiger partial charge on any atom is 0.275 e. The number of aromatic amines is 1. The van der Waals surface area contributed by atoms with Gasteiger partial charge in [0, 0.05) is 25.7 Å². The van der Waals surface area contributed by atoms with Crippen LogP contribution in [-0.4, -0.2) is 72.0 Å². The minimum atomic E-state index is -1.48. The number of hydrogen-bond donors (Lipinski definition) is 3. The van der Waals surface area contributed by atoms with Crippen molar-refractivity contribution in [1.29, 1.82) is 0 Å². The fraction of sp³-hybridized carbons (Fsp3) is 0.519. The lowest BCUT2D eigenvalue weighted by atomic mass is 9.93. The topological polar surface area (TPSA) is 138 Å². The number of aldehydes is 1. The van der Waals surface area contributed by atoms with Gasteiger partial charge in [0.2, 0.25) is 0 Å². The van der Waals surface area contributed by atoms with E-state index < -0.39 is 17.1 Å². The number of fused-ring (bicyclic) bond motifs is 1. The molecule has 2 aromatic heterocycles. The first kappa shape index (κ1) is 28.2. The van der Waals surface area contributed by atoms with Gasteiger partial charge in [0.1, 0.15) is 33.6 Å². The van der Waals surface area contributed by atoms with Gasteiger partial charge < -0.3 is 24.5 Å². The third-order valence-corrected chi connectivity index (χ3v) is 8.62. The highest BCUT2D eigenvalue weighted by Crippen LogP contribution is 2.33. The highest BCUT2D eigenvalue weighted by atomic mass is 32.2. The van der Waals surface area contributed by atoms with Crippen LogP contribution in [0.15, 0.2) is 27.9 Å². The molecule has 3 aromatic rings. The minimum absolute atomic E-state index is 0.0194. The number of aromatic nitrogens is 3. The van der Waals surface area contributed by atoms with Crippen LogP contribution in [0.3, 0.4) is 0 Å². The van der Waals surface area contributed by atoms with Crippen LogP contribution in [0, 0.1) is 5.92 Å². The van der Waals surface area contributed by atoms with Crippen LogP contribution < -0.4 is 10.3 Å². The predicted octanol–water partition coefficient (Wildman–Crippen LogP) is 2.57. The molecule has 11 heteroatoms. The highest BCUT2D eigenvalue weighted by molar-refractivity contribution is 7.82. The third kappa shape index (κ3) is 5.47. The molecule has 10 nitrogen and oxygen atoms in total. The summed E-state index contributed by atoms with van der Waals surface area (Å²) in [5, 5.41) is 19.2. The standard InChI is InChI=1S/C27H36N4O6S/c1-4-6-19-21(15-32)30(3)25-24(19)28-26(29-27(25)35)20-14-18(7-8-23(20)37-13-5-2)38(36)31-11-9-17(10-12-31)22(34)16-33/h7-8,14-15,17,22,33-34H,4-6,9-13,16H2,1-3H3,(H,28,29,35). The van der Waals surface area contributed by atoms with Gasteiger partial charge in [-0.2, -0.15) is 0 Å². The van der Waals surface area contributed by atoms with Crippen molar-refractivity contribution in [2.75, 3.05) is 26.3 Å². The smallest absolute Gasteiger partial charge is 0.275 e. The number of carbonyl (C=O) groups excluding carboxylic acids is 1. The van der Waals surface area contributed by atoms with E-state index in [4.69, 9.17) is 9.72 Å². The van der Waals surface area contributed by atoms with E-state index in [-0.39, 0.29) is 23.9 Å². The van der Waals surface area contributed by atoms with Gasteiger partial charge in [0.15, 0.2) is 6.29 Å². The normalized spacial score (nSPS) is 16.6. The van der Waals surface area contributed by atoms with Crippen molar-refractivity contribution in [2.45, 2.75) is 57.0 Å². The van der Waals surface area contributed by atoms with Gasteiger partial charge in [0.05, 0.1) is 35.5 Å². The first-order chi connectivity index (χ1) is 18.3. The summed E-state index contributed by atoms with van der Waals surface area (Å²) in [7, 11) is 0.209. The molecule has 1 aliphatic rings. The van der Waals surface area contributed by atoms with Crippen molar-refractivity contribution in [3.8, 4) is 17.1 Å². The second-order valence-corrected chi connectivity index (χ2v) is 11.2. The van der Waals surface area contributed by atoms with Gasteiger partial charge in [0.25, 0.3) is 5.56 Å². The molecule has 2 unspecified atom stereocenters. The van der Waals surface area contributed by atoms with Crippen molar-refractivity contribution in [3.05, 3.63) is 39.8 Å². The Hall–Kier alpha value is -2.86. The summed E-state index contributed by atoms with van der Waals surface area (Å²) < 4.78 is 22.9. The Balaban J connectivity index is 1.76. The number of hydrogen-bond acceptors (Lipinski definition) is 7. The molecular formula is C27H36N4O6S. The molecule has 1 aliphatic heterocycles. The van der Waals surface area contributed by atoms with Crippen LogP contribution in [0.5, 0.6) is 5.75 Å². The SMILES string of the molecule is CCCOc1ccc(S(=O)N2CCC(C(O)CO)CC2)cc1-c1nc2c(CCC)c(C=O)n(C)c2c(=O)[nH]1. The summed E-state index contributed by atoms with van der Waals surface area (Å²) in [5.74, 6) is 0.787. The average Bonchev–Trinajstić information content (AvgIpc) is 3.21. The van der Waals surface area contributed by atoms with Crippen molar-refractivity contribution < 1.29 is 24.0 Å². The molecule has 1 fully saturated rings. The lowest BCUT2D eigenvalue weighted by Crippen LogP contribution is -2.39. The average molecular weight is 545 g/mol. The number of rotatable bonds is 11. The van der Waals surface area contributed by atoms with Crippen LogP contribution >= 0.6 is 0 Å². The number of H-pyrrole nitrogens is 1. The quantitative estimate of drug-likeness (QED) is 0.316. The molecule has 3 heterocycles. The number of piperidine rings is 1. The van der Waals surface area contributed by atoms with Crippen molar-refractivity contribution in [3.63, 3.8) is 0 Å². The molecule has 38 heavy (non-hydrogen) atoms. The van der Waals surface area contributed by atoms with Crippen LogP contribution in [0.2, 0.25) is 0 Å². The van der Waals surface area contributed by atoms with E-state index >= 15 is 0 Å². The fourth-order valence-corrected chi connectivity index (χ4v) is 6.32. The van der Waals surface area contributed by atoms with Crippen molar-refractivity contribution in [1.82, 2.24) is 18.8 Å². The summed E-state index contributed by atoms with van der Waals surface area (Å²) in [6, 6.07) is 5.24. The summed E-state index contributed by atoms with van der Waals surface area (Å²) in [4.78, 5) is 33.2. The van der Waals surface area contributed by atoms with Gasteiger partial charge in [-0.05, 0) is 49.8 Å². The zero-order chi connectivity index (χ0) is 27.4. The van der Waals surface area contributed by atoms with E-state index in [1.165, 1.54) is 0 Å². The molecule has 0 aliphatic carbocycles. The summed E-state index contributed by atoms with van der Waals surface area (Å²) >= 11 is 0. The van der Waals surface area contributed by atoms with Gasteiger partial charge >= 0.3 is 0 Å². The first-order valence-electron chi connectivity index (χ1n) is 13.1. The van der Waals surface area contributed by atoms with Gasteiger partial charge in [-0.15, -0.1) is 0 Å². The van der Waals surface area contributed by atoms with E-state index in [0.717, 1.165) is 24.7 Å². The Labute approximate surface area is 224 Å². The number of aliphatic hydroxyl groups is 2. The second kappa shape index (κ2) is 12.3. The van der Waals surface area contributed by atoms with Gasteiger partial charge in [-0.1, -0.05) is 20.3 Å². The first-order valence-corrected chi connectivity index (χ1v) is 14.2. The van der Waals surface area contributed by atoms with E-state index in [0.29, 0.717) is 71.9 Å². The van der Waals surface area contributed by atoms with E-state index in [1.54, 1.807) is 29.8 Å². The molecule has 2 atom stereocenters. The van der Waals surface area contributed by atoms with Gasteiger partial charge in [-0.25, -0.2) is 13.5 Å². The molecule has 3 N–H and O–H groups in total. The van der Waals surface area contributed by atoms with Gasteiger partial charge in [-0.3, -0.25) is 9.59 Å². The number of benzene rings is 1. The zero-order valence-electron chi connectivity index (χ0n) is 22.1. The summed E-state index contributed by atoms with van der Waals surface area (Å²) in [6.07, 6.45) is 3.44. The Morgan fingerprint density at radius 2 is 2.00 bits per heavy atom. The number of aryl methyl sites for hydroxylation is 2. The molecule has 1 saturated heterocycles. The van der Waals surface area contributed by atoms with Crippen molar-refractivity contribution >= 4 is 28.3 Å². The zero-order valence-corrected chi connectivity index (χ0v) is 22.9. The largest absolute Gasteiger partial charge is 0.493 e. The molecule has 0 spiro atoms. The lowest BCUT2D eigenvalue weighted by Gasteiger charge is -2.32. The molecule has 206 valence electrons. The van der Waals surface area contributed by atoms with E-state index in [2.05, 4.69) is 4.98 Å². The Morgan fingerprint density at radius 3 is 2.63 bits per heavy atom. The Morgan fingerprint density at radius 1 is 1.26 bits per heavy atom. The molecule has 0 bridgehead atoms. The molecule has 0 amide bonds. The maximum absolute atomic E-state index is 13.5. The maximum atomic E-state index is 13.5. The molecule has 0 radical (unpaired) electrons. The molecule has 4 rings (SSSR count). The lowest BCUT2D eigenvalue weighted by molar-refractivity contribution is 0.0283. The second-order valence-electron chi connectivity index (χ2n) is 9.67. The Bertz CT molecular complexity index is 1380. The number of aliphatic hydroxyl groups excluding tert-OH is 2. The molecule has 0 saturated carbocycles. The summed E-state index contributed by atoms with van der Waals surface area (Å²) in [6.45, 7) is 5.24. The number of ether oxygens (including phenoxy) is 1. The van der Waals surface area contributed by atoms with Crippen LogP contribution in [0.1, 0.15) is 55.6 Å². The third-order valence-electron chi connectivity index (χ3n) is 7.13. The monoisotopic (exact) mass is 544 g/mol. The highest BCUT2D eigenvalue weighted by Gasteiger charge is 2.28. The minimum Gasteiger partial charge on any atom is -0.493 e. The van der Waals surface area contributed by atoms with Crippen molar-refractivity contribution in [2.24, 2.45) is 13.0 Å². The van der Waals surface area contributed by atoms with E-state index in [9.17, 15) is 24.0 Å². The molecule has 1 aromatic carbocycles. The number of nitrogens with one attached hydrogen (secondary N) is 1. The Kier molecular flexibility index (Phi) is 9.14. The number of carbonyl (C=O) groups is 1. The van der Waals surface area contributed by atoms with Crippen LogP contribution in [0.4, 0.5) is 0 Å². The van der Waals surface area contributed by atoms with E-state index in [1.807, 2.05) is 18.2 Å².